The van der Waals surface area contributed by atoms with Gasteiger partial charge in [0, 0.05) is 17.3 Å². The average molecular weight is 281 g/mol. The Morgan fingerprint density at radius 3 is 2.68 bits per heavy atom. The standard InChI is InChI=1S/C14H23N3OS/c1-9(2)12-7-11(8-13(15)17-12)14(18)16-10(3)5-6-19-4/h7-10H,5-6H2,1-4H3,(H2,15,17)(H,16,18). The minimum Gasteiger partial charge on any atom is -0.384 e. The summed E-state index contributed by atoms with van der Waals surface area (Å²) in [7, 11) is 0. The summed E-state index contributed by atoms with van der Waals surface area (Å²) in [5.74, 6) is 1.61. The molecule has 0 saturated carbocycles. The normalized spacial score (nSPS) is 12.5. The molecule has 1 amide bonds. The molecule has 0 aliphatic carbocycles. The van der Waals surface area contributed by atoms with Crippen LogP contribution in [-0.4, -0.2) is 28.9 Å². The van der Waals surface area contributed by atoms with E-state index in [9.17, 15) is 4.79 Å². The molecule has 1 heterocycles. The Morgan fingerprint density at radius 2 is 2.11 bits per heavy atom. The highest BCUT2D eigenvalue weighted by Crippen LogP contribution is 2.16. The lowest BCUT2D eigenvalue weighted by atomic mass is 10.1. The van der Waals surface area contributed by atoms with Crippen LogP contribution in [0.1, 0.15) is 49.2 Å². The summed E-state index contributed by atoms with van der Waals surface area (Å²) in [6, 6.07) is 3.61. The first-order valence-electron chi connectivity index (χ1n) is 6.51. The summed E-state index contributed by atoms with van der Waals surface area (Å²) < 4.78 is 0. The van der Waals surface area contributed by atoms with Crippen LogP contribution in [-0.2, 0) is 0 Å². The molecule has 19 heavy (non-hydrogen) atoms. The van der Waals surface area contributed by atoms with E-state index in [0.717, 1.165) is 17.9 Å². The van der Waals surface area contributed by atoms with Crippen molar-refractivity contribution in [1.82, 2.24) is 10.3 Å². The zero-order valence-electron chi connectivity index (χ0n) is 12.1. The average Bonchev–Trinajstić information content (AvgIpc) is 2.35. The number of pyridine rings is 1. The van der Waals surface area contributed by atoms with Crippen molar-refractivity contribution < 1.29 is 4.79 Å². The number of nitrogens with one attached hydrogen (secondary N) is 1. The molecular weight excluding hydrogens is 258 g/mol. The highest BCUT2D eigenvalue weighted by Gasteiger charge is 2.13. The van der Waals surface area contributed by atoms with Gasteiger partial charge in [-0.2, -0.15) is 11.8 Å². The van der Waals surface area contributed by atoms with Crippen LogP contribution in [0.15, 0.2) is 12.1 Å². The van der Waals surface area contributed by atoms with Crippen LogP contribution in [0.25, 0.3) is 0 Å². The minimum absolute atomic E-state index is 0.0791. The number of anilines is 1. The lowest BCUT2D eigenvalue weighted by Crippen LogP contribution is -2.33. The Kier molecular flexibility index (Phi) is 6.15. The van der Waals surface area contributed by atoms with Gasteiger partial charge < -0.3 is 11.1 Å². The number of rotatable bonds is 6. The Labute approximate surface area is 119 Å². The topological polar surface area (TPSA) is 68.0 Å². The number of aromatic nitrogens is 1. The predicted molar refractivity (Wildman–Crippen MR) is 82.7 cm³/mol. The van der Waals surface area contributed by atoms with Crippen molar-refractivity contribution in [2.75, 3.05) is 17.7 Å². The maximum atomic E-state index is 12.1. The molecule has 0 fully saturated rings. The van der Waals surface area contributed by atoms with Crippen molar-refractivity contribution in [2.45, 2.75) is 39.2 Å². The summed E-state index contributed by atoms with van der Waals surface area (Å²) in [6.07, 6.45) is 3.03. The fourth-order valence-electron chi connectivity index (χ4n) is 1.67. The first-order chi connectivity index (χ1) is 8.93. The third-order valence-electron chi connectivity index (χ3n) is 2.85. The molecule has 0 aliphatic rings. The van der Waals surface area contributed by atoms with E-state index < -0.39 is 0 Å². The first-order valence-corrected chi connectivity index (χ1v) is 7.90. The van der Waals surface area contributed by atoms with E-state index in [1.165, 1.54) is 0 Å². The van der Waals surface area contributed by atoms with E-state index in [-0.39, 0.29) is 17.9 Å². The molecule has 1 unspecified atom stereocenters. The summed E-state index contributed by atoms with van der Waals surface area (Å²) in [4.78, 5) is 16.4. The summed E-state index contributed by atoms with van der Waals surface area (Å²) in [5.41, 5.74) is 7.19. The van der Waals surface area contributed by atoms with Gasteiger partial charge in [0.2, 0.25) is 0 Å². The van der Waals surface area contributed by atoms with Crippen LogP contribution < -0.4 is 11.1 Å². The van der Waals surface area contributed by atoms with Gasteiger partial charge in [0.05, 0.1) is 0 Å². The zero-order chi connectivity index (χ0) is 14.4. The Balaban J connectivity index is 2.76. The molecule has 0 aromatic carbocycles. The molecule has 1 atom stereocenters. The van der Waals surface area contributed by atoms with Crippen LogP contribution in [0.5, 0.6) is 0 Å². The lowest BCUT2D eigenvalue weighted by Gasteiger charge is -2.14. The zero-order valence-corrected chi connectivity index (χ0v) is 12.9. The molecule has 0 bridgehead atoms. The van der Waals surface area contributed by atoms with Gasteiger partial charge in [-0.25, -0.2) is 4.98 Å². The van der Waals surface area contributed by atoms with Crippen LogP contribution in [0.2, 0.25) is 0 Å². The Hall–Kier alpha value is -1.23. The Bertz CT molecular complexity index is 435. The maximum absolute atomic E-state index is 12.1. The van der Waals surface area contributed by atoms with Gasteiger partial charge in [0.1, 0.15) is 5.82 Å². The highest BCUT2D eigenvalue weighted by molar-refractivity contribution is 7.98. The van der Waals surface area contributed by atoms with Crippen LogP contribution in [0.4, 0.5) is 5.82 Å². The number of amides is 1. The monoisotopic (exact) mass is 281 g/mol. The second kappa shape index (κ2) is 7.38. The number of hydrogen-bond donors (Lipinski definition) is 2. The van der Waals surface area contributed by atoms with Gasteiger partial charge in [-0.1, -0.05) is 13.8 Å². The maximum Gasteiger partial charge on any atom is 0.251 e. The number of nitrogens with two attached hydrogens (primary N) is 1. The molecule has 0 aliphatic heterocycles. The van der Waals surface area contributed by atoms with E-state index in [2.05, 4.69) is 16.6 Å². The number of carbonyl (C=O) groups excluding carboxylic acids is 1. The largest absolute Gasteiger partial charge is 0.384 e. The van der Waals surface area contributed by atoms with Crippen molar-refractivity contribution >= 4 is 23.5 Å². The number of hydrogen-bond acceptors (Lipinski definition) is 4. The number of nitrogens with zero attached hydrogens (tertiary/aromatic N) is 1. The van der Waals surface area contributed by atoms with E-state index in [1.807, 2.05) is 26.8 Å². The van der Waals surface area contributed by atoms with Gasteiger partial charge in [-0.05, 0) is 43.4 Å². The summed E-state index contributed by atoms with van der Waals surface area (Å²) in [5, 5.41) is 2.99. The van der Waals surface area contributed by atoms with Crippen LogP contribution in [0.3, 0.4) is 0 Å². The van der Waals surface area contributed by atoms with Gasteiger partial charge in [-0.15, -0.1) is 0 Å². The SMILES string of the molecule is CSCCC(C)NC(=O)c1cc(N)nc(C(C)C)c1. The minimum atomic E-state index is -0.0791. The lowest BCUT2D eigenvalue weighted by molar-refractivity contribution is 0.0939. The van der Waals surface area contributed by atoms with E-state index >= 15 is 0 Å². The molecule has 0 spiro atoms. The van der Waals surface area contributed by atoms with Crippen molar-refractivity contribution in [1.29, 1.82) is 0 Å². The molecule has 4 nitrogen and oxygen atoms in total. The van der Waals surface area contributed by atoms with Gasteiger partial charge in [0.15, 0.2) is 0 Å². The molecular formula is C14H23N3OS. The van der Waals surface area contributed by atoms with Gasteiger partial charge >= 0.3 is 0 Å². The van der Waals surface area contributed by atoms with Crippen LogP contribution >= 0.6 is 11.8 Å². The Morgan fingerprint density at radius 1 is 1.42 bits per heavy atom. The van der Waals surface area contributed by atoms with Crippen molar-refractivity contribution in [3.05, 3.63) is 23.4 Å². The first kappa shape index (κ1) is 15.8. The molecule has 1 aromatic rings. The third-order valence-corrected chi connectivity index (χ3v) is 3.50. The molecule has 1 aromatic heterocycles. The van der Waals surface area contributed by atoms with E-state index in [0.29, 0.717) is 11.4 Å². The third kappa shape index (κ3) is 5.11. The van der Waals surface area contributed by atoms with Crippen LogP contribution in [0, 0.1) is 0 Å². The van der Waals surface area contributed by atoms with Gasteiger partial charge in [-0.3, -0.25) is 4.79 Å². The van der Waals surface area contributed by atoms with Crippen molar-refractivity contribution in [2.24, 2.45) is 0 Å². The molecule has 0 saturated heterocycles. The van der Waals surface area contributed by atoms with E-state index in [4.69, 9.17) is 5.73 Å². The smallest absolute Gasteiger partial charge is 0.251 e. The fraction of sp³-hybridized carbons (Fsp3) is 0.571. The second-order valence-electron chi connectivity index (χ2n) is 5.02. The summed E-state index contributed by atoms with van der Waals surface area (Å²) in [6.45, 7) is 6.08. The molecule has 0 radical (unpaired) electrons. The molecule has 106 valence electrons. The highest BCUT2D eigenvalue weighted by atomic mass is 32.2. The predicted octanol–water partition coefficient (Wildman–Crippen LogP) is 2.66. The molecule has 5 heteroatoms. The van der Waals surface area contributed by atoms with Crippen molar-refractivity contribution in [3.8, 4) is 0 Å². The summed E-state index contributed by atoms with van der Waals surface area (Å²) >= 11 is 1.78. The number of carbonyl (C=O) groups is 1. The number of nitrogen functional groups attached to an aromatic ring is 1. The second-order valence-corrected chi connectivity index (χ2v) is 6.00. The van der Waals surface area contributed by atoms with E-state index in [1.54, 1.807) is 17.8 Å². The molecule has 1 rings (SSSR count). The fourth-order valence-corrected chi connectivity index (χ4v) is 2.26. The van der Waals surface area contributed by atoms with Crippen molar-refractivity contribution in [3.63, 3.8) is 0 Å². The molecule has 3 N–H and O–H groups in total. The van der Waals surface area contributed by atoms with Gasteiger partial charge in [0.25, 0.3) is 5.91 Å². The number of thioether (sulfide) groups is 1. The quantitative estimate of drug-likeness (QED) is 0.841.